The van der Waals surface area contributed by atoms with E-state index in [0.717, 1.165) is 168 Å². The molecule has 10 heteroatoms. The van der Waals surface area contributed by atoms with Crippen molar-refractivity contribution in [3.63, 3.8) is 0 Å². The van der Waals surface area contributed by atoms with E-state index in [4.69, 9.17) is 38.7 Å². The van der Waals surface area contributed by atoms with Crippen molar-refractivity contribution in [3.8, 4) is 135 Å². The molecule has 0 fully saturated rings. The van der Waals surface area contributed by atoms with Crippen molar-refractivity contribution < 1.29 is 8.83 Å². The fourth-order valence-corrected chi connectivity index (χ4v) is 17.3. The number of hydrogen-bond donors (Lipinski definition) is 0. The van der Waals surface area contributed by atoms with Gasteiger partial charge in [0.2, 0.25) is 0 Å². The second-order valence-corrected chi connectivity index (χ2v) is 29.8. The van der Waals surface area contributed by atoms with E-state index in [1.54, 1.807) is 0 Å². The molecule has 0 radical (unpaired) electrons. The molecule has 0 bridgehead atoms. The summed E-state index contributed by atoms with van der Waals surface area (Å²) in [5.74, 6) is 3.69. The normalized spacial score (nSPS) is 12.0. The highest BCUT2D eigenvalue weighted by Gasteiger charge is 2.29. The summed E-state index contributed by atoms with van der Waals surface area (Å²) in [6.07, 6.45) is 6.45. The number of hydrogen-bond acceptors (Lipinski definition) is 8. The van der Waals surface area contributed by atoms with Gasteiger partial charge in [-0.2, -0.15) is 0 Å². The van der Waals surface area contributed by atoms with E-state index in [1.807, 2.05) is 66.7 Å². The van der Waals surface area contributed by atoms with Gasteiger partial charge in [-0.05, 0) is 124 Å². The first-order chi connectivity index (χ1) is 58.5. The van der Waals surface area contributed by atoms with Crippen molar-refractivity contribution in [1.29, 1.82) is 0 Å². The van der Waals surface area contributed by atoms with Crippen LogP contribution in [-0.4, -0.2) is 39.0 Å². The third kappa shape index (κ3) is 12.2. The van der Waals surface area contributed by atoms with Crippen molar-refractivity contribution in [1.82, 2.24) is 39.0 Å². The van der Waals surface area contributed by atoms with Gasteiger partial charge in [-0.25, -0.2) is 29.9 Å². The first kappa shape index (κ1) is 69.0. The molecule has 10 nitrogen and oxygen atoms in total. The van der Waals surface area contributed by atoms with Crippen molar-refractivity contribution in [2.24, 2.45) is 0 Å². The third-order valence-electron chi connectivity index (χ3n) is 22.9. The quantitative estimate of drug-likeness (QED) is 0.112. The van der Waals surface area contributed by atoms with Crippen LogP contribution < -0.4 is 0 Å². The van der Waals surface area contributed by atoms with Crippen LogP contribution in [0.5, 0.6) is 0 Å². The molecular formula is C108H70N8O2. The summed E-state index contributed by atoms with van der Waals surface area (Å²) >= 11 is 0. The average molecular weight is 1510 g/mol. The van der Waals surface area contributed by atoms with Crippen LogP contribution >= 0.6 is 0 Å². The van der Waals surface area contributed by atoms with Crippen molar-refractivity contribution in [2.45, 2.75) is 12.8 Å². The number of furan rings is 2. The van der Waals surface area contributed by atoms with Gasteiger partial charge in [0.15, 0.2) is 34.9 Å². The molecule has 23 rings (SSSR count). The lowest BCUT2D eigenvalue weighted by Crippen LogP contribution is -2.07. The van der Waals surface area contributed by atoms with Gasteiger partial charge in [0.25, 0.3) is 0 Å². The summed E-state index contributed by atoms with van der Waals surface area (Å²) in [5, 5.41) is 7.84. The minimum Gasteiger partial charge on any atom is -0.456 e. The summed E-state index contributed by atoms with van der Waals surface area (Å²) in [4.78, 5) is 31.1. The van der Waals surface area contributed by atoms with E-state index in [2.05, 4.69) is 343 Å². The van der Waals surface area contributed by atoms with Gasteiger partial charge < -0.3 is 18.0 Å². The first-order valence-corrected chi connectivity index (χ1v) is 39.9. The minimum atomic E-state index is 0.591. The van der Waals surface area contributed by atoms with E-state index in [1.165, 1.54) is 33.3 Å². The fraction of sp³-hybridized carbons (Fsp3) is 0.0185. The number of nitrogens with zero attached hydrogens (tertiary/aromatic N) is 8. The Morgan fingerprint density at radius 2 is 0.593 bits per heavy atom. The van der Waals surface area contributed by atoms with Crippen molar-refractivity contribution in [2.75, 3.05) is 0 Å². The Bertz CT molecular complexity index is 7610. The zero-order valence-corrected chi connectivity index (χ0v) is 63.9. The molecule has 6 aromatic heterocycles. The van der Waals surface area contributed by atoms with Gasteiger partial charge in [-0.15, -0.1) is 0 Å². The monoisotopic (exact) mass is 1510 g/mol. The molecule has 118 heavy (non-hydrogen) atoms. The Labute approximate surface area is 680 Å². The molecule has 0 saturated carbocycles. The zero-order chi connectivity index (χ0) is 78.0. The molecule has 0 atom stereocenters. The predicted molar refractivity (Wildman–Crippen MR) is 483 cm³/mol. The molecule has 0 aliphatic heterocycles. The molecular weight excluding hydrogens is 1440 g/mol. The van der Waals surface area contributed by atoms with Crippen molar-refractivity contribution >= 4 is 82.7 Å². The van der Waals surface area contributed by atoms with E-state index < -0.39 is 0 Å². The molecule has 0 amide bonds. The lowest BCUT2D eigenvalue weighted by molar-refractivity contribution is 0.669. The third-order valence-corrected chi connectivity index (χ3v) is 22.9. The topological polar surface area (TPSA) is 113 Å². The summed E-state index contributed by atoms with van der Waals surface area (Å²) in [7, 11) is 0. The van der Waals surface area contributed by atoms with E-state index >= 15 is 0 Å². The van der Waals surface area contributed by atoms with Crippen LogP contribution in [0.25, 0.3) is 218 Å². The SMILES string of the molecule is C1=Cc2c(n(-c3ccccc3-c3nc(-c4ccccc4)nc(-c4ccc(-c5ccccc5)cc4)n3)c3c2ccc2oc4cccc(-c5ccccc5)c4c23)CC1.c1ccc(-c2ccc(-c3nc(-c4ccccc4)nc(-c4ccccc4-n4c5ccccc5c5ccc6oc7c(-c8ccc(-c9ccccc9)cc8)cccc7c6c54)n3)cc2)cc1. The second-order valence-electron chi connectivity index (χ2n) is 29.8. The summed E-state index contributed by atoms with van der Waals surface area (Å²) < 4.78 is 18.4. The first-order valence-electron chi connectivity index (χ1n) is 39.9. The highest BCUT2D eigenvalue weighted by atomic mass is 16.3. The number of para-hydroxylation sites is 4. The highest BCUT2D eigenvalue weighted by molar-refractivity contribution is 6.26. The fourth-order valence-electron chi connectivity index (χ4n) is 17.3. The Hall–Kier alpha value is -15.8. The molecule has 16 aromatic carbocycles. The number of rotatable bonds is 13. The maximum absolute atomic E-state index is 6.88. The number of fused-ring (bicyclic) bond motifs is 14. The average Bonchev–Trinajstić information content (AvgIpc) is 1.55. The van der Waals surface area contributed by atoms with Crippen LogP contribution in [0, 0.1) is 0 Å². The maximum Gasteiger partial charge on any atom is 0.166 e. The van der Waals surface area contributed by atoms with E-state index in [9.17, 15) is 0 Å². The number of benzene rings is 16. The highest BCUT2D eigenvalue weighted by Crippen LogP contribution is 2.48. The van der Waals surface area contributed by atoms with Crippen LogP contribution in [0.2, 0.25) is 0 Å². The lowest BCUT2D eigenvalue weighted by atomic mass is 9.97. The smallest absolute Gasteiger partial charge is 0.166 e. The van der Waals surface area contributed by atoms with Gasteiger partial charge in [-0.1, -0.05) is 340 Å². The molecule has 0 spiro atoms. The van der Waals surface area contributed by atoms with Crippen LogP contribution in [0.15, 0.2) is 403 Å². The number of allylic oxidation sites excluding steroid dienone is 1. The Kier molecular flexibility index (Phi) is 17.1. The Morgan fingerprint density at radius 1 is 0.229 bits per heavy atom. The minimum absolute atomic E-state index is 0.591. The molecule has 0 N–H and O–H groups in total. The maximum atomic E-state index is 6.88. The van der Waals surface area contributed by atoms with Gasteiger partial charge in [0, 0.05) is 77.1 Å². The largest absolute Gasteiger partial charge is 0.456 e. The van der Waals surface area contributed by atoms with E-state index in [0.29, 0.717) is 34.9 Å². The standard InChI is InChI=1S/C57H36N4O.C51H34N4O/c1-4-15-37(16-5-1)39-27-31-41(32-28-39)44-23-14-24-48-52-51(62-54(44)48)36-35-46-45-21-10-12-25-49(45)61(53(46)52)50-26-13-11-22-47(50)57-59-55(42-19-8-3-9-20-42)58-56(60-57)43-33-29-40(30-34-43)38-17-6-2-7-18-38;1-4-15-33(16-5-1)34-27-29-37(30-28-34)50-52-49(36-19-8-3-9-20-36)53-51(54-50)41-22-11-13-25-43(41)55-42-24-12-10-21-39(42)40-31-32-45-47(48(40)55)46-38(23-14-26-44(46)56-45)35-17-6-2-7-18-35/h1-36H;1-11,13-23,25-32H,12,24H2. The molecule has 0 saturated heterocycles. The zero-order valence-electron chi connectivity index (χ0n) is 63.9. The molecule has 554 valence electrons. The van der Waals surface area contributed by atoms with Crippen molar-refractivity contribution in [3.05, 3.63) is 406 Å². The number of aromatic nitrogens is 8. The van der Waals surface area contributed by atoms with E-state index in [-0.39, 0.29) is 0 Å². The van der Waals surface area contributed by atoms with Gasteiger partial charge >= 0.3 is 0 Å². The molecule has 1 aliphatic rings. The molecule has 22 aromatic rings. The van der Waals surface area contributed by atoms with Crippen LogP contribution in [0.1, 0.15) is 17.7 Å². The Balaban J connectivity index is 0.000000143. The lowest BCUT2D eigenvalue weighted by Gasteiger charge is -2.17. The predicted octanol–water partition coefficient (Wildman–Crippen LogP) is 27.9. The van der Waals surface area contributed by atoms with Gasteiger partial charge in [-0.3, -0.25) is 0 Å². The van der Waals surface area contributed by atoms with Crippen LogP contribution in [0.3, 0.4) is 0 Å². The summed E-state index contributed by atoms with van der Waals surface area (Å²) in [6, 6.07) is 135. The summed E-state index contributed by atoms with van der Waals surface area (Å²) in [5.41, 5.74) is 28.1. The molecule has 0 unspecified atom stereocenters. The summed E-state index contributed by atoms with van der Waals surface area (Å²) in [6.45, 7) is 0. The van der Waals surface area contributed by atoms with Gasteiger partial charge in [0.1, 0.15) is 22.3 Å². The van der Waals surface area contributed by atoms with Gasteiger partial charge in [0.05, 0.1) is 38.7 Å². The Morgan fingerprint density at radius 3 is 1.14 bits per heavy atom. The second kappa shape index (κ2) is 29.3. The molecule has 6 heterocycles. The van der Waals surface area contributed by atoms with Crippen LogP contribution in [0.4, 0.5) is 0 Å². The van der Waals surface area contributed by atoms with Crippen LogP contribution in [-0.2, 0) is 6.42 Å². The molecule has 1 aliphatic carbocycles.